The molecule has 0 spiro atoms. The summed E-state index contributed by atoms with van der Waals surface area (Å²) in [7, 11) is 3.50. The second kappa shape index (κ2) is 5.85. The van der Waals surface area contributed by atoms with Crippen LogP contribution in [0.3, 0.4) is 0 Å². The number of aryl methyl sites for hydroxylation is 1. The van der Waals surface area contributed by atoms with Crippen molar-refractivity contribution in [2.45, 2.75) is 13.0 Å². The van der Waals surface area contributed by atoms with Crippen LogP contribution in [-0.4, -0.2) is 14.2 Å². The lowest BCUT2D eigenvalue weighted by molar-refractivity contribution is 0.405. The molecule has 19 heavy (non-hydrogen) atoms. The van der Waals surface area contributed by atoms with Crippen molar-refractivity contribution in [3.05, 3.63) is 65.0 Å². The van der Waals surface area contributed by atoms with Crippen LogP contribution >= 0.6 is 0 Å². The zero-order valence-corrected chi connectivity index (χ0v) is 11.4. The molecule has 0 aliphatic rings. The van der Waals surface area contributed by atoms with Crippen LogP contribution < -0.4 is 10.1 Å². The van der Waals surface area contributed by atoms with Crippen molar-refractivity contribution >= 4 is 0 Å². The molecule has 0 bridgehead atoms. The molecule has 0 radical (unpaired) electrons. The molecule has 0 aliphatic carbocycles. The third-order valence-electron chi connectivity index (χ3n) is 3.14. The topological polar surface area (TPSA) is 21.3 Å². The van der Waals surface area contributed by atoms with E-state index in [1.54, 1.807) is 13.2 Å². The van der Waals surface area contributed by atoms with E-state index in [1.165, 1.54) is 6.07 Å². The van der Waals surface area contributed by atoms with Gasteiger partial charge in [-0.15, -0.1) is 0 Å². The highest BCUT2D eigenvalue weighted by molar-refractivity contribution is 5.42. The Kier molecular flexibility index (Phi) is 4.17. The Bertz CT molecular complexity index is 548. The second-order valence-electron chi connectivity index (χ2n) is 4.53. The van der Waals surface area contributed by atoms with Crippen molar-refractivity contribution in [2.24, 2.45) is 0 Å². The summed E-state index contributed by atoms with van der Waals surface area (Å²) in [6.45, 7) is 1.89. The Labute approximate surface area is 113 Å². The van der Waals surface area contributed by atoms with E-state index < -0.39 is 0 Å². The Hall–Kier alpha value is -1.87. The van der Waals surface area contributed by atoms with E-state index in [2.05, 4.69) is 5.32 Å². The van der Waals surface area contributed by atoms with E-state index in [0.29, 0.717) is 0 Å². The first-order valence-corrected chi connectivity index (χ1v) is 6.23. The van der Waals surface area contributed by atoms with Gasteiger partial charge in [0, 0.05) is 5.56 Å². The standard InChI is InChI=1S/C16H18FNO/c1-11-8-12(10-13(17)9-11)16(18-2)14-6-4-5-7-15(14)19-3/h4-10,16,18H,1-3H3. The molecule has 0 fully saturated rings. The molecule has 0 heterocycles. The van der Waals surface area contributed by atoms with Gasteiger partial charge >= 0.3 is 0 Å². The van der Waals surface area contributed by atoms with Crippen LogP contribution in [0.5, 0.6) is 5.75 Å². The van der Waals surface area contributed by atoms with Gasteiger partial charge in [-0.2, -0.15) is 0 Å². The Morgan fingerprint density at radius 1 is 1.16 bits per heavy atom. The summed E-state index contributed by atoms with van der Waals surface area (Å²) in [5, 5.41) is 3.22. The molecule has 0 saturated carbocycles. The molecular formula is C16H18FNO. The average Bonchev–Trinajstić information content (AvgIpc) is 2.39. The van der Waals surface area contributed by atoms with Gasteiger partial charge in [0.25, 0.3) is 0 Å². The first kappa shape index (κ1) is 13.6. The summed E-state index contributed by atoms with van der Waals surface area (Å²) >= 11 is 0. The van der Waals surface area contributed by atoms with Gasteiger partial charge in [0.15, 0.2) is 0 Å². The van der Waals surface area contributed by atoms with Crippen molar-refractivity contribution in [1.82, 2.24) is 5.32 Å². The van der Waals surface area contributed by atoms with Crippen LogP contribution in [0.25, 0.3) is 0 Å². The van der Waals surface area contributed by atoms with Gasteiger partial charge in [-0.05, 0) is 43.3 Å². The molecule has 1 atom stereocenters. The van der Waals surface area contributed by atoms with E-state index in [0.717, 1.165) is 22.4 Å². The molecule has 0 saturated heterocycles. The predicted molar refractivity (Wildman–Crippen MR) is 75.0 cm³/mol. The zero-order valence-electron chi connectivity index (χ0n) is 11.4. The molecule has 2 aromatic carbocycles. The molecule has 2 nitrogen and oxygen atoms in total. The summed E-state index contributed by atoms with van der Waals surface area (Å²) in [5.74, 6) is 0.578. The Balaban J connectivity index is 2.49. The normalized spacial score (nSPS) is 12.2. The number of rotatable bonds is 4. The maximum Gasteiger partial charge on any atom is 0.123 e. The lowest BCUT2D eigenvalue weighted by Gasteiger charge is -2.20. The predicted octanol–water partition coefficient (Wildman–Crippen LogP) is 3.45. The fourth-order valence-electron chi connectivity index (χ4n) is 2.34. The number of benzene rings is 2. The number of halogens is 1. The highest BCUT2D eigenvalue weighted by Crippen LogP contribution is 2.30. The third kappa shape index (κ3) is 2.93. The summed E-state index contributed by atoms with van der Waals surface area (Å²) < 4.78 is 18.9. The minimum absolute atomic E-state index is 0.0921. The lowest BCUT2D eigenvalue weighted by Crippen LogP contribution is -2.18. The fourth-order valence-corrected chi connectivity index (χ4v) is 2.34. The van der Waals surface area contributed by atoms with Crippen LogP contribution in [0.2, 0.25) is 0 Å². The van der Waals surface area contributed by atoms with Crippen LogP contribution in [0.15, 0.2) is 42.5 Å². The van der Waals surface area contributed by atoms with E-state index in [4.69, 9.17) is 4.74 Å². The summed E-state index contributed by atoms with van der Waals surface area (Å²) in [5.41, 5.74) is 2.80. The van der Waals surface area contributed by atoms with Gasteiger partial charge in [0.1, 0.15) is 11.6 Å². The maximum atomic E-state index is 13.6. The molecule has 3 heteroatoms. The number of hydrogen-bond acceptors (Lipinski definition) is 2. The zero-order chi connectivity index (χ0) is 13.8. The molecule has 0 amide bonds. The van der Waals surface area contributed by atoms with E-state index in [1.807, 2.05) is 44.3 Å². The highest BCUT2D eigenvalue weighted by atomic mass is 19.1. The molecule has 1 N–H and O–H groups in total. The molecule has 2 aromatic rings. The molecule has 100 valence electrons. The van der Waals surface area contributed by atoms with E-state index >= 15 is 0 Å². The molecule has 2 rings (SSSR count). The van der Waals surface area contributed by atoms with Crippen molar-refractivity contribution in [3.63, 3.8) is 0 Å². The largest absolute Gasteiger partial charge is 0.496 e. The highest BCUT2D eigenvalue weighted by Gasteiger charge is 2.17. The number of para-hydroxylation sites is 1. The van der Waals surface area contributed by atoms with Crippen LogP contribution in [0.4, 0.5) is 4.39 Å². The van der Waals surface area contributed by atoms with E-state index in [9.17, 15) is 4.39 Å². The van der Waals surface area contributed by atoms with E-state index in [-0.39, 0.29) is 11.9 Å². The van der Waals surface area contributed by atoms with Crippen LogP contribution in [0.1, 0.15) is 22.7 Å². The summed E-state index contributed by atoms with van der Waals surface area (Å²) in [4.78, 5) is 0. The molecule has 0 aliphatic heterocycles. The summed E-state index contributed by atoms with van der Waals surface area (Å²) in [6, 6.07) is 12.7. The quantitative estimate of drug-likeness (QED) is 0.908. The molecule has 0 aromatic heterocycles. The first-order chi connectivity index (χ1) is 9.15. The number of methoxy groups -OCH3 is 1. The van der Waals surface area contributed by atoms with Gasteiger partial charge in [0.2, 0.25) is 0 Å². The van der Waals surface area contributed by atoms with Gasteiger partial charge < -0.3 is 10.1 Å². The van der Waals surface area contributed by atoms with Crippen molar-refractivity contribution < 1.29 is 9.13 Å². The smallest absolute Gasteiger partial charge is 0.123 e. The van der Waals surface area contributed by atoms with Crippen LogP contribution in [0, 0.1) is 12.7 Å². The van der Waals surface area contributed by atoms with Crippen LogP contribution in [-0.2, 0) is 0 Å². The van der Waals surface area contributed by atoms with Crippen molar-refractivity contribution in [1.29, 1.82) is 0 Å². The second-order valence-corrected chi connectivity index (χ2v) is 4.53. The first-order valence-electron chi connectivity index (χ1n) is 6.23. The van der Waals surface area contributed by atoms with Crippen molar-refractivity contribution in [3.8, 4) is 5.75 Å². The third-order valence-corrected chi connectivity index (χ3v) is 3.14. The molecule has 1 unspecified atom stereocenters. The number of ether oxygens (including phenoxy) is 1. The fraction of sp³-hybridized carbons (Fsp3) is 0.250. The monoisotopic (exact) mass is 259 g/mol. The maximum absolute atomic E-state index is 13.6. The summed E-state index contributed by atoms with van der Waals surface area (Å²) in [6.07, 6.45) is 0. The molecular weight excluding hydrogens is 241 g/mol. The average molecular weight is 259 g/mol. The van der Waals surface area contributed by atoms with Gasteiger partial charge in [-0.25, -0.2) is 4.39 Å². The van der Waals surface area contributed by atoms with Gasteiger partial charge in [-0.1, -0.05) is 24.3 Å². The van der Waals surface area contributed by atoms with Gasteiger partial charge in [0.05, 0.1) is 13.2 Å². The lowest BCUT2D eigenvalue weighted by atomic mass is 9.96. The minimum atomic E-state index is -0.217. The van der Waals surface area contributed by atoms with Gasteiger partial charge in [-0.3, -0.25) is 0 Å². The number of nitrogens with one attached hydrogen (secondary N) is 1. The van der Waals surface area contributed by atoms with Crippen molar-refractivity contribution in [2.75, 3.05) is 14.2 Å². The SMILES string of the molecule is CNC(c1cc(C)cc(F)c1)c1ccccc1OC. The number of hydrogen-bond donors (Lipinski definition) is 1. The minimum Gasteiger partial charge on any atom is -0.496 e. The Morgan fingerprint density at radius 3 is 2.53 bits per heavy atom. The Morgan fingerprint density at radius 2 is 1.89 bits per heavy atom.